The number of ether oxygens (including phenoxy) is 1. The van der Waals surface area contributed by atoms with Gasteiger partial charge in [0.25, 0.3) is 0 Å². The lowest BCUT2D eigenvalue weighted by molar-refractivity contribution is 0.0265. The molecule has 1 aliphatic heterocycles. The van der Waals surface area contributed by atoms with Crippen LogP contribution in [-0.2, 0) is 4.74 Å². The zero-order chi connectivity index (χ0) is 9.80. The van der Waals surface area contributed by atoms with Crippen molar-refractivity contribution >= 4 is 5.78 Å². The van der Waals surface area contributed by atoms with Crippen LogP contribution < -0.4 is 5.32 Å². The van der Waals surface area contributed by atoms with Gasteiger partial charge in [-0.3, -0.25) is 9.78 Å². The van der Waals surface area contributed by atoms with E-state index in [1.54, 1.807) is 0 Å². The first-order chi connectivity index (χ1) is 6.88. The number of carbonyl (C=O) groups is 1. The fourth-order valence-corrected chi connectivity index (χ4v) is 1.33. The summed E-state index contributed by atoms with van der Waals surface area (Å²) in [5, 5.41) is 3.09. The van der Waals surface area contributed by atoms with Crippen LogP contribution in [0.15, 0.2) is 18.6 Å². The molecule has 0 aliphatic carbocycles. The fraction of sp³-hybridized carbons (Fsp3) is 0.444. The summed E-state index contributed by atoms with van der Waals surface area (Å²) in [7, 11) is 0. The Morgan fingerprint density at radius 1 is 1.57 bits per heavy atom. The average molecular weight is 193 g/mol. The third-order valence-corrected chi connectivity index (χ3v) is 2.04. The molecule has 1 saturated heterocycles. The van der Waals surface area contributed by atoms with E-state index in [0.29, 0.717) is 18.8 Å². The van der Waals surface area contributed by atoms with Crippen molar-refractivity contribution in [1.29, 1.82) is 0 Å². The first kappa shape index (κ1) is 9.23. The van der Waals surface area contributed by atoms with E-state index in [1.165, 1.54) is 18.6 Å². The van der Waals surface area contributed by atoms with Crippen LogP contribution in [0.2, 0.25) is 0 Å². The predicted octanol–water partition coefficient (Wildman–Crippen LogP) is -0.352. The molecule has 74 valence electrons. The molecule has 1 aliphatic rings. The lowest BCUT2D eigenvalue weighted by Crippen LogP contribution is -2.43. The summed E-state index contributed by atoms with van der Waals surface area (Å²) in [6, 6.07) is 0. The molecule has 5 nitrogen and oxygen atoms in total. The second-order valence-corrected chi connectivity index (χ2v) is 3.02. The smallest absolute Gasteiger partial charge is 0.212 e. The van der Waals surface area contributed by atoms with Crippen LogP contribution in [0.3, 0.4) is 0 Å². The average Bonchev–Trinajstić information content (AvgIpc) is 2.30. The molecule has 0 radical (unpaired) electrons. The number of nitrogens with zero attached hydrogens (tertiary/aromatic N) is 2. The SMILES string of the molecule is O=C(c1cnccn1)C1CNCCO1. The van der Waals surface area contributed by atoms with Crippen molar-refractivity contribution < 1.29 is 9.53 Å². The van der Waals surface area contributed by atoms with Crippen molar-refractivity contribution in [1.82, 2.24) is 15.3 Å². The van der Waals surface area contributed by atoms with E-state index in [9.17, 15) is 4.79 Å². The van der Waals surface area contributed by atoms with Crippen molar-refractivity contribution in [3.63, 3.8) is 0 Å². The van der Waals surface area contributed by atoms with Gasteiger partial charge in [0.05, 0.1) is 12.8 Å². The molecule has 1 N–H and O–H groups in total. The normalized spacial score (nSPS) is 21.9. The second-order valence-electron chi connectivity index (χ2n) is 3.02. The Bertz CT molecular complexity index is 309. The number of Topliss-reactive ketones (excluding diaryl/α,β-unsaturated/α-hetero) is 1. The molecule has 1 unspecified atom stereocenters. The van der Waals surface area contributed by atoms with Gasteiger partial charge in [0.2, 0.25) is 5.78 Å². The summed E-state index contributed by atoms with van der Waals surface area (Å²) in [4.78, 5) is 19.5. The standard InChI is InChI=1S/C9H11N3O2/c13-9(7-5-10-1-2-12-7)8-6-11-3-4-14-8/h1-2,5,8,11H,3-4,6H2. The molecule has 1 aromatic rings. The number of aromatic nitrogens is 2. The number of nitrogens with one attached hydrogen (secondary N) is 1. The number of carbonyl (C=O) groups excluding carboxylic acids is 1. The highest BCUT2D eigenvalue weighted by Gasteiger charge is 2.23. The third kappa shape index (κ3) is 1.94. The van der Waals surface area contributed by atoms with Crippen LogP contribution in [0.4, 0.5) is 0 Å². The van der Waals surface area contributed by atoms with E-state index in [1.807, 2.05) is 0 Å². The van der Waals surface area contributed by atoms with E-state index in [2.05, 4.69) is 15.3 Å². The lowest BCUT2D eigenvalue weighted by Gasteiger charge is -2.21. The highest BCUT2D eigenvalue weighted by Crippen LogP contribution is 2.03. The van der Waals surface area contributed by atoms with E-state index in [-0.39, 0.29) is 5.78 Å². The van der Waals surface area contributed by atoms with Gasteiger partial charge in [-0.25, -0.2) is 4.98 Å². The molecule has 1 aromatic heterocycles. The Morgan fingerprint density at radius 2 is 2.50 bits per heavy atom. The minimum atomic E-state index is -0.416. The van der Waals surface area contributed by atoms with Crippen LogP contribution in [0.25, 0.3) is 0 Å². The number of hydrogen-bond donors (Lipinski definition) is 1. The monoisotopic (exact) mass is 193 g/mol. The van der Waals surface area contributed by atoms with Gasteiger partial charge in [0, 0.05) is 25.5 Å². The van der Waals surface area contributed by atoms with Gasteiger partial charge in [-0.05, 0) is 0 Å². The van der Waals surface area contributed by atoms with E-state index < -0.39 is 6.10 Å². The minimum absolute atomic E-state index is 0.106. The Kier molecular flexibility index (Phi) is 2.81. The zero-order valence-corrected chi connectivity index (χ0v) is 7.64. The molecule has 1 fully saturated rings. The summed E-state index contributed by atoms with van der Waals surface area (Å²) in [5.41, 5.74) is 0.362. The van der Waals surface area contributed by atoms with Crippen molar-refractivity contribution in [2.75, 3.05) is 19.7 Å². The Hall–Kier alpha value is -1.33. The van der Waals surface area contributed by atoms with Gasteiger partial charge in [-0.2, -0.15) is 0 Å². The van der Waals surface area contributed by atoms with Crippen molar-refractivity contribution in [3.8, 4) is 0 Å². The van der Waals surface area contributed by atoms with Crippen LogP contribution in [0.1, 0.15) is 10.5 Å². The molecule has 0 bridgehead atoms. The first-order valence-corrected chi connectivity index (χ1v) is 4.50. The molecular formula is C9H11N3O2. The van der Waals surface area contributed by atoms with E-state index in [4.69, 9.17) is 4.74 Å². The molecular weight excluding hydrogens is 182 g/mol. The highest BCUT2D eigenvalue weighted by atomic mass is 16.5. The van der Waals surface area contributed by atoms with Crippen molar-refractivity contribution in [2.45, 2.75) is 6.10 Å². The molecule has 2 heterocycles. The molecule has 0 aromatic carbocycles. The molecule has 0 spiro atoms. The Balaban J connectivity index is 2.07. The van der Waals surface area contributed by atoms with E-state index in [0.717, 1.165) is 6.54 Å². The van der Waals surface area contributed by atoms with Crippen LogP contribution in [0.5, 0.6) is 0 Å². The van der Waals surface area contributed by atoms with Crippen LogP contribution in [-0.4, -0.2) is 41.6 Å². The quantitative estimate of drug-likeness (QED) is 0.650. The largest absolute Gasteiger partial charge is 0.367 e. The minimum Gasteiger partial charge on any atom is -0.367 e. The molecule has 0 saturated carbocycles. The van der Waals surface area contributed by atoms with Crippen LogP contribution >= 0.6 is 0 Å². The summed E-state index contributed by atoms with van der Waals surface area (Å²) in [6.45, 7) is 1.91. The van der Waals surface area contributed by atoms with Gasteiger partial charge < -0.3 is 10.1 Å². The number of hydrogen-bond acceptors (Lipinski definition) is 5. The first-order valence-electron chi connectivity index (χ1n) is 4.50. The topological polar surface area (TPSA) is 64.1 Å². The van der Waals surface area contributed by atoms with Crippen LogP contribution in [0, 0.1) is 0 Å². The number of ketones is 1. The third-order valence-electron chi connectivity index (χ3n) is 2.04. The predicted molar refractivity (Wildman–Crippen MR) is 49.0 cm³/mol. The number of rotatable bonds is 2. The van der Waals surface area contributed by atoms with Gasteiger partial charge >= 0.3 is 0 Å². The Morgan fingerprint density at radius 3 is 3.14 bits per heavy atom. The van der Waals surface area contributed by atoms with Gasteiger partial charge in [-0.1, -0.05) is 0 Å². The summed E-state index contributed by atoms with van der Waals surface area (Å²) in [5.74, 6) is -0.106. The van der Waals surface area contributed by atoms with Crippen molar-refractivity contribution in [2.24, 2.45) is 0 Å². The number of morpholine rings is 1. The molecule has 5 heteroatoms. The maximum absolute atomic E-state index is 11.7. The highest BCUT2D eigenvalue weighted by molar-refractivity contribution is 5.97. The summed E-state index contributed by atoms with van der Waals surface area (Å²) in [6.07, 6.45) is 4.08. The lowest BCUT2D eigenvalue weighted by atomic mass is 10.1. The molecule has 0 amide bonds. The van der Waals surface area contributed by atoms with Gasteiger partial charge in [0.15, 0.2) is 0 Å². The van der Waals surface area contributed by atoms with Gasteiger partial charge in [0.1, 0.15) is 11.8 Å². The van der Waals surface area contributed by atoms with E-state index >= 15 is 0 Å². The summed E-state index contributed by atoms with van der Waals surface area (Å²) >= 11 is 0. The summed E-state index contributed by atoms with van der Waals surface area (Å²) < 4.78 is 5.31. The Labute approximate surface area is 81.5 Å². The zero-order valence-electron chi connectivity index (χ0n) is 7.64. The maximum atomic E-state index is 11.7. The maximum Gasteiger partial charge on any atom is 0.212 e. The molecule has 1 atom stereocenters. The molecule has 14 heavy (non-hydrogen) atoms. The fourth-order valence-electron chi connectivity index (χ4n) is 1.33. The van der Waals surface area contributed by atoms with Gasteiger partial charge in [-0.15, -0.1) is 0 Å². The molecule has 2 rings (SSSR count). The second kappa shape index (κ2) is 4.26. The van der Waals surface area contributed by atoms with Crippen molar-refractivity contribution in [3.05, 3.63) is 24.3 Å².